The highest BCUT2D eigenvalue weighted by atomic mass is 32.2. The summed E-state index contributed by atoms with van der Waals surface area (Å²) in [4.78, 5) is 0.391. The number of ether oxygens (including phenoxy) is 3. The largest absolute Gasteiger partial charge is 0.497 e. The van der Waals surface area contributed by atoms with Crippen molar-refractivity contribution in [2.24, 2.45) is 0 Å². The van der Waals surface area contributed by atoms with E-state index in [0.717, 1.165) is 5.56 Å². The molecule has 154 valence electrons. The van der Waals surface area contributed by atoms with Gasteiger partial charge in [-0.2, -0.15) is 13.5 Å². The highest BCUT2D eigenvalue weighted by Gasteiger charge is 2.16. The average Bonchev–Trinajstić information content (AvgIpc) is 3.20. The van der Waals surface area contributed by atoms with E-state index in [-0.39, 0.29) is 0 Å². The smallest absolute Gasteiger partial charge is 0.289 e. The van der Waals surface area contributed by atoms with E-state index in [1.165, 1.54) is 18.9 Å². The lowest BCUT2D eigenvalue weighted by Crippen LogP contribution is -2.02. The van der Waals surface area contributed by atoms with Gasteiger partial charge in [0, 0.05) is 11.8 Å². The molecule has 0 fully saturated rings. The summed E-state index contributed by atoms with van der Waals surface area (Å²) in [5.74, 6) is -0.351. The van der Waals surface area contributed by atoms with E-state index in [1.807, 2.05) is 0 Å². The van der Waals surface area contributed by atoms with Crippen LogP contribution in [0, 0.1) is 0 Å². The van der Waals surface area contributed by atoms with Crippen molar-refractivity contribution in [3.8, 4) is 22.9 Å². The molecule has 7 nitrogen and oxygen atoms in total. The zero-order chi connectivity index (χ0) is 20.8. The van der Waals surface area contributed by atoms with E-state index in [9.17, 15) is 8.78 Å². The second-order valence-electron chi connectivity index (χ2n) is 5.56. The number of halogens is 2. The molecule has 0 N–H and O–H groups in total. The van der Waals surface area contributed by atoms with E-state index < -0.39 is 5.76 Å². The van der Waals surface area contributed by atoms with Crippen LogP contribution < -0.4 is 14.2 Å². The van der Waals surface area contributed by atoms with Gasteiger partial charge < -0.3 is 14.2 Å². The first-order valence-electron chi connectivity index (χ1n) is 8.31. The maximum Gasteiger partial charge on any atom is 0.289 e. The number of thioether (sulfide) groups is 2. The Morgan fingerprint density at radius 3 is 2.48 bits per heavy atom. The molecule has 2 aromatic carbocycles. The van der Waals surface area contributed by atoms with Crippen molar-refractivity contribution < 1.29 is 23.0 Å². The lowest BCUT2D eigenvalue weighted by Gasteiger charge is -2.12. The minimum Gasteiger partial charge on any atom is -0.497 e. The molecule has 1 aromatic heterocycles. The summed E-state index contributed by atoms with van der Waals surface area (Å²) in [5, 5.41) is 12.4. The molecule has 0 amide bonds. The first kappa shape index (κ1) is 21.2. The molecule has 0 aliphatic heterocycles. The molecule has 0 saturated heterocycles. The topological polar surface area (TPSA) is 71.3 Å². The summed E-state index contributed by atoms with van der Waals surface area (Å²) < 4.78 is 42.8. The van der Waals surface area contributed by atoms with Crippen molar-refractivity contribution in [1.82, 2.24) is 20.2 Å². The Labute approximate surface area is 174 Å². The van der Waals surface area contributed by atoms with Crippen molar-refractivity contribution in [3.05, 3.63) is 42.0 Å². The van der Waals surface area contributed by atoms with Crippen LogP contribution in [-0.2, 0) is 5.75 Å². The van der Waals surface area contributed by atoms with E-state index >= 15 is 0 Å². The Morgan fingerprint density at radius 2 is 1.79 bits per heavy atom. The molecular weight excluding hydrogens is 422 g/mol. The Morgan fingerprint density at radius 1 is 1.00 bits per heavy atom. The number of benzene rings is 2. The van der Waals surface area contributed by atoms with Gasteiger partial charge in [-0.3, -0.25) is 0 Å². The molecule has 29 heavy (non-hydrogen) atoms. The zero-order valence-corrected chi connectivity index (χ0v) is 17.5. The van der Waals surface area contributed by atoms with E-state index in [0.29, 0.717) is 50.5 Å². The van der Waals surface area contributed by atoms with Crippen LogP contribution in [0.1, 0.15) is 5.56 Å². The van der Waals surface area contributed by atoms with E-state index in [4.69, 9.17) is 14.2 Å². The van der Waals surface area contributed by atoms with E-state index in [1.54, 1.807) is 55.3 Å². The van der Waals surface area contributed by atoms with Crippen molar-refractivity contribution in [2.45, 2.75) is 21.6 Å². The van der Waals surface area contributed by atoms with Gasteiger partial charge in [0.25, 0.3) is 5.76 Å². The molecule has 0 spiro atoms. The summed E-state index contributed by atoms with van der Waals surface area (Å²) in [6.45, 7) is 0. The predicted octanol–water partition coefficient (Wildman–Crippen LogP) is 4.30. The summed E-state index contributed by atoms with van der Waals surface area (Å²) >= 11 is 1.85. The molecule has 0 unspecified atom stereocenters. The van der Waals surface area contributed by atoms with Crippen LogP contribution in [0.3, 0.4) is 0 Å². The molecule has 0 atom stereocenters. The summed E-state index contributed by atoms with van der Waals surface area (Å²) in [6.07, 6.45) is 0. The van der Waals surface area contributed by atoms with Crippen LogP contribution in [0.15, 0.2) is 46.5 Å². The SMILES string of the molecule is COc1ccc(OC)c(-n2nnnc2SCc2ccc(SC(F)F)c(OC)c2)c1. The third-order valence-corrected chi connectivity index (χ3v) is 5.63. The predicted molar refractivity (Wildman–Crippen MR) is 107 cm³/mol. The van der Waals surface area contributed by atoms with Crippen molar-refractivity contribution >= 4 is 23.5 Å². The standard InChI is InChI=1S/C18H18F2N4O3S2/c1-25-12-5-6-14(26-2)13(9-12)24-18(21-22-23-24)28-10-11-4-7-16(29-17(19)20)15(8-11)27-3/h4-9,17H,10H2,1-3H3. The third kappa shape index (κ3) is 5.10. The van der Waals surface area contributed by atoms with Crippen LogP contribution in [0.4, 0.5) is 8.78 Å². The van der Waals surface area contributed by atoms with Gasteiger partial charge in [-0.25, -0.2) is 0 Å². The number of aromatic nitrogens is 4. The number of hydrogen-bond donors (Lipinski definition) is 0. The second kappa shape index (κ2) is 9.79. The van der Waals surface area contributed by atoms with Crippen molar-refractivity contribution in [2.75, 3.05) is 21.3 Å². The monoisotopic (exact) mass is 440 g/mol. The maximum absolute atomic E-state index is 12.7. The maximum atomic E-state index is 12.7. The highest BCUT2D eigenvalue weighted by molar-refractivity contribution is 7.99. The number of rotatable bonds is 9. The average molecular weight is 440 g/mol. The molecule has 3 rings (SSSR count). The van der Waals surface area contributed by atoms with Crippen molar-refractivity contribution in [3.63, 3.8) is 0 Å². The van der Waals surface area contributed by atoms with Crippen LogP contribution in [0.25, 0.3) is 5.69 Å². The molecular formula is C18H18F2N4O3S2. The fourth-order valence-electron chi connectivity index (χ4n) is 2.53. The van der Waals surface area contributed by atoms with E-state index in [2.05, 4.69) is 15.5 Å². The summed E-state index contributed by atoms with van der Waals surface area (Å²) in [6, 6.07) is 10.5. The first-order valence-corrected chi connectivity index (χ1v) is 10.2. The molecule has 11 heteroatoms. The number of alkyl halides is 2. The van der Waals surface area contributed by atoms with Gasteiger partial charge in [0.15, 0.2) is 0 Å². The van der Waals surface area contributed by atoms with Gasteiger partial charge in [0.2, 0.25) is 5.16 Å². The molecule has 0 radical (unpaired) electrons. The normalized spacial score (nSPS) is 11.0. The fraction of sp³-hybridized carbons (Fsp3) is 0.278. The number of hydrogen-bond acceptors (Lipinski definition) is 8. The lowest BCUT2D eigenvalue weighted by atomic mass is 10.2. The first-order chi connectivity index (χ1) is 14.0. The Balaban J connectivity index is 1.81. The van der Waals surface area contributed by atoms with Gasteiger partial charge in [-0.05, 0) is 40.3 Å². The lowest BCUT2D eigenvalue weighted by molar-refractivity contribution is 0.251. The van der Waals surface area contributed by atoms with Crippen molar-refractivity contribution in [1.29, 1.82) is 0 Å². The summed E-state index contributed by atoms with van der Waals surface area (Å²) in [7, 11) is 4.59. The van der Waals surface area contributed by atoms with Crippen LogP contribution >= 0.6 is 23.5 Å². The Hall–Kier alpha value is -2.53. The van der Waals surface area contributed by atoms with Gasteiger partial charge in [-0.15, -0.1) is 5.10 Å². The minimum atomic E-state index is -2.51. The molecule has 0 saturated carbocycles. The van der Waals surface area contributed by atoms with Gasteiger partial charge in [0.05, 0.1) is 26.2 Å². The molecule has 3 aromatic rings. The van der Waals surface area contributed by atoms with Crippen LogP contribution in [-0.4, -0.2) is 47.3 Å². The number of methoxy groups -OCH3 is 3. The molecule has 1 heterocycles. The molecule has 0 aliphatic rings. The van der Waals surface area contributed by atoms with Crippen LogP contribution in [0.5, 0.6) is 17.2 Å². The van der Waals surface area contributed by atoms with Gasteiger partial charge >= 0.3 is 0 Å². The quantitative estimate of drug-likeness (QED) is 0.456. The number of nitrogens with zero attached hydrogens (tertiary/aromatic N) is 4. The van der Waals surface area contributed by atoms with Gasteiger partial charge in [0.1, 0.15) is 22.9 Å². The minimum absolute atomic E-state index is 0.391. The number of tetrazole rings is 1. The fourth-order valence-corrected chi connectivity index (χ4v) is 3.95. The Kier molecular flexibility index (Phi) is 7.15. The Bertz CT molecular complexity index is 972. The highest BCUT2D eigenvalue weighted by Crippen LogP contribution is 2.36. The van der Waals surface area contributed by atoms with Gasteiger partial charge in [-0.1, -0.05) is 29.6 Å². The molecule has 0 bridgehead atoms. The second-order valence-corrected chi connectivity index (χ2v) is 7.54. The molecule has 0 aliphatic carbocycles. The van der Waals surface area contributed by atoms with Crippen LogP contribution in [0.2, 0.25) is 0 Å². The zero-order valence-electron chi connectivity index (χ0n) is 15.8. The summed E-state index contributed by atoms with van der Waals surface area (Å²) in [5.41, 5.74) is 1.53. The third-order valence-electron chi connectivity index (χ3n) is 3.87.